The third-order valence-electron chi connectivity index (χ3n) is 3.72. The number of carbonyl (C=O) groups is 1. The maximum absolute atomic E-state index is 10.2. The number of allylic oxidation sites excluding steroid dienone is 1. The summed E-state index contributed by atoms with van der Waals surface area (Å²) in [5.74, 6) is -0.939. The van der Waals surface area contributed by atoms with E-state index in [1.807, 2.05) is 0 Å². The Labute approximate surface area is 148 Å². The van der Waals surface area contributed by atoms with Crippen LogP contribution in [0.1, 0.15) is 90.4 Å². The fraction of sp³-hybridized carbons (Fsp3) is 0.833. The van der Waals surface area contributed by atoms with E-state index in [1.54, 1.807) is 0 Å². The molecule has 0 aromatic heterocycles. The summed E-state index contributed by atoms with van der Waals surface area (Å²) in [6.07, 6.45) is 17.0. The van der Waals surface area contributed by atoms with Gasteiger partial charge in [-0.25, -0.2) is 0 Å². The third-order valence-corrected chi connectivity index (χ3v) is 3.72. The predicted molar refractivity (Wildman–Crippen MR) is 85.8 cm³/mol. The van der Waals surface area contributed by atoms with Crippen molar-refractivity contribution in [1.29, 1.82) is 0 Å². The van der Waals surface area contributed by atoms with Crippen LogP contribution in [0.2, 0.25) is 0 Å². The molecule has 124 valence electrons. The van der Waals surface area contributed by atoms with Gasteiger partial charge >= 0.3 is 18.9 Å². The maximum atomic E-state index is 10.2. The summed E-state index contributed by atoms with van der Waals surface area (Å²) in [5, 5.41) is 20.0. The second-order valence-corrected chi connectivity index (χ2v) is 5.89. The largest absolute Gasteiger partial charge is 1.00 e. The van der Waals surface area contributed by atoms with Gasteiger partial charge in [-0.2, -0.15) is 0 Å². The fourth-order valence-electron chi connectivity index (χ4n) is 2.36. The summed E-state index contributed by atoms with van der Waals surface area (Å²) >= 11 is 0. The molecule has 0 aromatic rings. The first-order valence-corrected chi connectivity index (χ1v) is 8.69. The zero-order valence-corrected chi connectivity index (χ0v) is 14.7. The predicted octanol–water partition coefficient (Wildman–Crippen LogP) is 0.749. The molecule has 3 nitrogen and oxygen atoms in total. The molecule has 0 aliphatic carbocycles. The normalized spacial score (nSPS) is 12.3. The standard InChI is InChI=1S/C18H34O3.Li/c1-2-3-4-11-14-17(19)15-12-9-7-5-6-8-10-13-16-18(20)21;/h9,12,17,19H,2-8,10-11,13-16H2,1H3,(H,20,21);/q;+1/p-1. The Balaban J connectivity index is 0. The van der Waals surface area contributed by atoms with Gasteiger partial charge in [-0.1, -0.05) is 64.0 Å². The summed E-state index contributed by atoms with van der Waals surface area (Å²) in [5.41, 5.74) is 0. The van der Waals surface area contributed by atoms with Crippen molar-refractivity contribution in [2.75, 3.05) is 0 Å². The van der Waals surface area contributed by atoms with Gasteiger partial charge in [0.2, 0.25) is 0 Å². The summed E-state index contributed by atoms with van der Waals surface area (Å²) in [6, 6.07) is 0. The van der Waals surface area contributed by atoms with Crippen LogP contribution >= 0.6 is 0 Å². The molecule has 1 atom stereocenters. The second kappa shape index (κ2) is 18.8. The number of rotatable bonds is 15. The summed E-state index contributed by atoms with van der Waals surface area (Å²) < 4.78 is 0. The molecular weight excluding hydrogens is 271 g/mol. The minimum atomic E-state index is -0.939. The SMILES string of the molecule is CCCCCCC(O)CC=CCCCCCCCC(=O)[O-].[Li+]. The Kier molecular flexibility index (Phi) is 20.5. The number of aliphatic hydroxyl groups excluding tert-OH is 1. The van der Waals surface area contributed by atoms with Crippen molar-refractivity contribution in [3.8, 4) is 0 Å². The van der Waals surface area contributed by atoms with Crippen molar-refractivity contribution in [2.45, 2.75) is 96.5 Å². The Morgan fingerprint density at radius 3 is 2.32 bits per heavy atom. The average Bonchev–Trinajstić information content (AvgIpc) is 2.45. The zero-order valence-electron chi connectivity index (χ0n) is 14.7. The zero-order chi connectivity index (χ0) is 15.8. The van der Waals surface area contributed by atoms with Crippen molar-refractivity contribution < 1.29 is 33.9 Å². The smallest absolute Gasteiger partial charge is 0.550 e. The van der Waals surface area contributed by atoms with E-state index < -0.39 is 5.97 Å². The average molecular weight is 304 g/mol. The van der Waals surface area contributed by atoms with Gasteiger partial charge in [0.1, 0.15) is 0 Å². The molecule has 0 bridgehead atoms. The van der Waals surface area contributed by atoms with E-state index in [-0.39, 0.29) is 31.4 Å². The first-order chi connectivity index (χ1) is 10.2. The Hall–Kier alpha value is -0.233. The van der Waals surface area contributed by atoms with Gasteiger partial charge in [0, 0.05) is 5.97 Å². The Morgan fingerprint density at radius 1 is 1.00 bits per heavy atom. The van der Waals surface area contributed by atoms with Crippen molar-refractivity contribution in [1.82, 2.24) is 0 Å². The van der Waals surface area contributed by atoms with Crippen LogP contribution in [0.15, 0.2) is 12.2 Å². The molecular formula is C18H33LiO3. The molecule has 0 spiro atoms. The van der Waals surface area contributed by atoms with Gasteiger partial charge in [-0.05, 0) is 38.5 Å². The molecule has 0 fully saturated rings. The van der Waals surface area contributed by atoms with Crippen LogP contribution in [-0.4, -0.2) is 17.2 Å². The molecule has 1 unspecified atom stereocenters. The van der Waals surface area contributed by atoms with E-state index in [1.165, 1.54) is 19.3 Å². The molecule has 4 heteroatoms. The molecule has 0 radical (unpaired) electrons. The van der Waals surface area contributed by atoms with Crippen LogP contribution in [-0.2, 0) is 4.79 Å². The number of carboxylic acid groups (broad SMARTS) is 1. The molecule has 0 aliphatic rings. The molecule has 0 saturated heterocycles. The number of carbonyl (C=O) groups excluding carboxylic acids is 1. The molecule has 0 rings (SSSR count). The first kappa shape index (κ1) is 24.0. The molecule has 1 N–H and O–H groups in total. The van der Waals surface area contributed by atoms with Crippen LogP contribution < -0.4 is 24.0 Å². The van der Waals surface area contributed by atoms with E-state index in [4.69, 9.17) is 0 Å². The van der Waals surface area contributed by atoms with Crippen LogP contribution in [0.3, 0.4) is 0 Å². The van der Waals surface area contributed by atoms with E-state index in [2.05, 4.69) is 19.1 Å². The van der Waals surface area contributed by atoms with E-state index in [0.717, 1.165) is 57.8 Å². The number of aliphatic carboxylic acids is 1. The van der Waals surface area contributed by atoms with Gasteiger partial charge in [0.25, 0.3) is 0 Å². The number of unbranched alkanes of at least 4 members (excludes halogenated alkanes) is 8. The molecule has 0 amide bonds. The molecule has 0 aliphatic heterocycles. The van der Waals surface area contributed by atoms with Crippen molar-refractivity contribution >= 4 is 5.97 Å². The van der Waals surface area contributed by atoms with Gasteiger partial charge in [-0.3, -0.25) is 0 Å². The number of aliphatic hydroxyl groups is 1. The van der Waals surface area contributed by atoms with Gasteiger partial charge in [0.15, 0.2) is 0 Å². The first-order valence-electron chi connectivity index (χ1n) is 8.69. The molecule has 0 saturated carbocycles. The summed E-state index contributed by atoms with van der Waals surface area (Å²) in [7, 11) is 0. The molecule has 0 heterocycles. The van der Waals surface area contributed by atoms with Crippen LogP contribution in [0.5, 0.6) is 0 Å². The van der Waals surface area contributed by atoms with Gasteiger partial charge < -0.3 is 15.0 Å². The molecule has 22 heavy (non-hydrogen) atoms. The second-order valence-electron chi connectivity index (χ2n) is 5.89. The van der Waals surface area contributed by atoms with Crippen LogP contribution in [0.4, 0.5) is 0 Å². The summed E-state index contributed by atoms with van der Waals surface area (Å²) in [6.45, 7) is 2.20. The topological polar surface area (TPSA) is 60.4 Å². The number of carboxylic acids is 1. The van der Waals surface area contributed by atoms with Crippen molar-refractivity contribution in [3.05, 3.63) is 12.2 Å². The van der Waals surface area contributed by atoms with Crippen molar-refractivity contribution in [3.63, 3.8) is 0 Å². The third kappa shape index (κ3) is 19.8. The van der Waals surface area contributed by atoms with Gasteiger partial charge in [-0.15, -0.1) is 0 Å². The monoisotopic (exact) mass is 304 g/mol. The van der Waals surface area contributed by atoms with Crippen LogP contribution in [0.25, 0.3) is 0 Å². The quantitative estimate of drug-likeness (QED) is 0.276. The van der Waals surface area contributed by atoms with E-state index in [9.17, 15) is 15.0 Å². The maximum Gasteiger partial charge on any atom is 1.00 e. The Bertz CT molecular complexity index is 267. The number of hydrogen-bond donors (Lipinski definition) is 1. The minimum absolute atomic E-state index is 0. The molecule has 0 aromatic carbocycles. The Morgan fingerprint density at radius 2 is 1.64 bits per heavy atom. The van der Waals surface area contributed by atoms with E-state index in [0.29, 0.717) is 0 Å². The van der Waals surface area contributed by atoms with Crippen LogP contribution in [0, 0.1) is 0 Å². The fourth-order valence-corrected chi connectivity index (χ4v) is 2.36. The van der Waals surface area contributed by atoms with Crippen molar-refractivity contribution in [2.24, 2.45) is 0 Å². The minimum Gasteiger partial charge on any atom is -0.550 e. The summed E-state index contributed by atoms with van der Waals surface area (Å²) in [4.78, 5) is 10.2. The number of hydrogen-bond acceptors (Lipinski definition) is 3. The van der Waals surface area contributed by atoms with Gasteiger partial charge in [0.05, 0.1) is 6.10 Å². The van der Waals surface area contributed by atoms with E-state index >= 15 is 0 Å².